The third-order valence-electron chi connectivity index (χ3n) is 4.87. The first-order chi connectivity index (χ1) is 14.1. The summed E-state index contributed by atoms with van der Waals surface area (Å²) < 4.78 is 19.3. The summed E-state index contributed by atoms with van der Waals surface area (Å²) >= 11 is 0. The molecule has 0 atom stereocenters. The van der Waals surface area contributed by atoms with E-state index in [9.17, 15) is 14.0 Å². The Kier molecular flexibility index (Phi) is 4.96. The number of nitrogens with zero attached hydrogens (tertiary/aromatic N) is 1. The summed E-state index contributed by atoms with van der Waals surface area (Å²) in [5.74, 6) is -0.556. The molecule has 0 N–H and O–H groups in total. The van der Waals surface area contributed by atoms with Crippen LogP contribution < -0.4 is 4.74 Å². The third kappa shape index (κ3) is 3.55. The Hall–Kier alpha value is -3.73. The van der Waals surface area contributed by atoms with Gasteiger partial charge in [0.15, 0.2) is 0 Å². The van der Waals surface area contributed by atoms with Crippen molar-refractivity contribution in [1.82, 2.24) is 4.90 Å². The predicted molar refractivity (Wildman–Crippen MR) is 109 cm³/mol. The van der Waals surface area contributed by atoms with Crippen molar-refractivity contribution in [2.45, 2.75) is 6.54 Å². The van der Waals surface area contributed by atoms with Crippen molar-refractivity contribution in [3.63, 3.8) is 0 Å². The molecule has 0 saturated carbocycles. The minimum atomic E-state index is -0.451. The molecule has 0 aliphatic carbocycles. The molecule has 0 saturated heterocycles. The van der Waals surface area contributed by atoms with E-state index in [-0.39, 0.29) is 12.5 Å². The Balaban J connectivity index is 1.77. The highest BCUT2D eigenvalue weighted by molar-refractivity contribution is 6.33. The van der Waals surface area contributed by atoms with Gasteiger partial charge in [0.25, 0.3) is 11.8 Å². The van der Waals surface area contributed by atoms with Gasteiger partial charge in [0.2, 0.25) is 0 Å². The fourth-order valence-corrected chi connectivity index (χ4v) is 3.35. The maximum Gasteiger partial charge on any atom is 0.261 e. The second kappa shape index (κ2) is 7.72. The lowest BCUT2D eigenvalue weighted by Crippen LogP contribution is -2.41. The van der Waals surface area contributed by atoms with E-state index in [1.807, 2.05) is 0 Å². The number of benzene rings is 3. The Morgan fingerprint density at radius 2 is 1.52 bits per heavy atom. The van der Waals surface area contributed by atoms with Crippen LogP contribution in [0, 0.1) is 5.82 Å². The molecule has 144 valence electrons. The topological polar surface area (TPSA) is 46.6 Å². The van der Waals surface area contributed by atoms with Gasteiger partial charge in [-0.05, 0) is 41.5 Å². The SMILES string of the molecule is COc1ccc(CN2C(=O)/C(=C\c3ccccc3F)c3ccccc3C2=O)cc1. The maximum atomic E-state index is 14.2. The van der Waals surface area contributed by atoms with Crippen molar-refractivity contribution in [2.24, 2.45) is 0 Å². The lowest BCUT2D eigenvalue weighted by molar-refractivity contribution is -0.123. The smallest absolute Gasteiger partial charge is 0.261 e. The molecule has 0 bridgehead atoms. The highest BCUT2D eigenvalue weighted by Gasteiger charge is 2.34. The van der Waals surface area contributed by atoms with Crippen LogP contribution in [0.4, 0.5) is 4.39 Å². The molecule has 0 spiro atoms. The first-order valence-electron chi connectivity index (χ1n) is 9.13. The molecule has 29 heavy (non-hydrogen) atoms. The van der Waals surface area contributed by atoms with Crippen LogP contribution in [0.2, 0.25) is 0 Å². The van der Waals surface area contributed by atoms with Gasteiger partial charge in [-0.1, -0.05) is 48.5 Å². The summed E-state index contributed by atoms with van der Waals surface area (Å²) in [7, 11) is 1.57. The van der Waals surface area contributed by atoms with Crippen molar-refractivity contribution in [1.29, 1.82) is 0 Å². The van der Waals surface area contributed by atoms with Gasteiger partial charge in [-0.3, -0.25) is 14.5 Å². The van der Waals surface area contributed by atoms with Crippen molar-refractivity contribution in [3.8, 4) is 5.75 Å². The van der Waals surface area contributed by atoms with E-state index >= 15 is 0 Å². The van der Waals surface area contributed by atoms with Crippen LogP contribution in [0.25, 0.3) is 11.6 Å². The summed E-state index contributed by atoms with van der Waals surface area (Å²) in [5, 5.41) is 0. The van der Waals surface area contributed by atoms with Gasteiger partial charge in [0.1, 0.15) is 11.6 Å². The number of rotatable bonds is 4. The summed E-state index contributed by atoms with van der Waals surface area (Å²) in [4.78, 5) is 27.4. The van der Waals surface area contributed by atoms with Gasteiger partial charge < -0.3 is 4.74 Å². The molecule has 0 radical (unpaired) electrons. The molecule has 5 heteroatoms. The molecule has 3 aromatic carbocycles. The van der Waals surface area contributed by atoms with Crippen molar-refractivity contribution in [3.05, 3.63) is 101 Å². The van der Waals surface area contributed by atoms with Crippen LogP contribution in [0.3, 0.4) is 0 Å². The molecule has 1 heterocycles. The average Bonchev–Trinajstić information content (AvgIpc) is 2.76. The maximum absolute atomic E-state index is 14.2. The Morgan fingerprint density at radius 3 is 2.21 bits per heavy atom. The number of hydrogen-bond acceptors (Lipinski definition) is 3. The number of amides is 2. The van der Waals surface area contributed by atoms with E-state index in [1.54, 1.807) is 73.8 Å². The summed E-state index contributed by atoms with van der Waals surface area (Å²) in [6, 6.07) is 20.3. The number of methoxy groups -OCH3 is 1. The molecule has 1 aliphatic rings. The van der Waals surface area contributed by atoms with Crippen LogP contribution >= 0.6 is 0 Å². The average molecular weight is 387 g/mol. The lowest BCUT2D eigenvalue weighted by Gasteiger charge is -2.29. The number of halogens is 1. The van der Waals surface area contributed by atoms with Crippen molar-refractivity contribution < 1.29 is 18.7 Å². The molecule has 4 rings (SSSR count). The van der Waals surface area contributed by atoms with Crippen LogP contribution in [-0.4, -0.2) is 23.8 Å². The minimum Gasteiger partial charge on any atom is -0.497 e. The molecule has 2 amide bonds. The summed E-state index contributed by atoms with van der Waals surface area (Å²) in [5.41, 5.74) is 2.31. The fourth-order valence-electron chi connectivity index (χ4n) is 3.35. The fraction of sp³-hybridized carbons (Fsp3) is 0.0833. The van der Waals surface area contributed by atoms with E-state index < -0.39 is 11.7 Å². The molecular formula is C24H18FNO3. The van der Waals surface area contributed by atoms with E-state index in [0.29, 0.717) is 28.0 Å². The van der Waals surface area contributed by atoms with E-state index in [4.69, 9.17) is 4.74 Å². The number of carbonyl (C=O) groups is 2. The normalized spacial score (nSPS) is 14.8. The first-order valence-corrected chi connectivity index (χ1v) is 9.13. The Labute approximate surface area is 167 Å². The highest BCUT2D eigenvalue weighted by Crippen LogP contribution is 2.31. The zero-order valence-corrected chi connectivity index (χ0v) is 15.8. The van der Waals surface area contributed by atoms with Gasteiger partial charge in [0, 0.05) is 16.7 Å². The van der Waals surface area contributed by atoms with Gasteiger partial charge >= 0.3 is 0 Å². The quantitative estimate of drug-likeness (QED) is 0.487. The molecule has 0 aromatic heterocycles. The molecule has 0 unspecified atom stereocenters. The summed E-state index contributed by atoms with van der Waals surface area (Å²) in [6.07, 6.45) is 1.50. The number of carbonyl (C=O) groups excluding carboxylic acids is 2. The van der Waals surface area contributed by atoms with Gasteiger partial charge in [-0.25, -0.2) is 4.39 Å². The van der Waals surface area contributed by atoms with Gasteiger partial charge in [0.05, 0.1) is 13.7 Å². The number of fused-ring (bicyclic) bond motifs is 1. The first kappa shape index (κ1) is 18.6. The van der Waals surface area contributed by atoms with Gasteiger partial charge in [-0.15, -0.1) is 0 Å². The van der Waals surface area contributed by atoms with Crippen LogP contribution in [0.1, 0.15) is 27.0 Å². The van der Waals surface area contributed by atoms with Crippen LogP contribution in [-0.2, 0) is 11.3 Å². The molecule has 0 fully saturated rings. The Morgan fingerprint density at radius 1 is 0.862 bits per heavy atom. The highest BCUT2D eigenvalue weighted by atomic mass is 19.1. The van der Waals surface area contributed by atoms with E-state index in [2.05, 4.69) is 0 Å². The second-order valence-electron chi connectivity index (χ2n) is 6.67. The standard InChI is InChI=1S/C24H18FNO3/c1-29-18-12-10-16(11-13-18)15-26-23(27)20-8-4-3-7-19(20)21(24(26)28)14-17-6-2-5-9-22(17)25/h2-14H,15H2,1H3/b21-14-. The molecule has 3 aromatic rings. The second-order valence-corrected chi connectivity index (χ2v) is 6.67. The van der Waals surface area contributed by atoms with Crippen LogP contribution in [0.5, 0.6) is 5.75 Å². The summed E-state index contributed by atoms with van der Waals surface area (Å²) in [6.45, 7) is 0.116. The minimum absolute atomic E-state index is 0.116. The zero-order chi connectivity index (χ0) is 20.4. The van der Waals surface area contributed by atoms with Crippen LogP contribution in [0.15, 0.2) is 72.8 Å². The zero-order valence-electron chi connectivity index (χ0n) is 15.8. The molecule has 4 nitrogen and oxygen atoms in total. The third-order valence-corrected chi connectivity index (χ3v) is 4.87. The van der Waals surface area contributed by atoms with E-state index in [0.717, 1.165) is 5.56 Å². The molecular weight excluding hydrogens is 369 g/mol. The predicted octanol–water partition coefficient (Wildman–Crippen LogP) is 4.56. The van der Waals surface area contributed by atoms with Crippen molar-refractivity contribution in [2.75, 3.05) is 7.11 Å². The monoisotopic (exact) mass is 387 g/mol. The Bertz CT molecular complexity index is 1120. The van der Waals surface area contributed by atoms with Crippen molar-refractivity contribution >= 4 is 23.5 Å². The number of ether oxygens (including phenoxy) is 1. The lowest BCUT2D eigenvalue weighted by atomic mass is 9.91. The van der Waals surface area contributed by atoms with Gasteiger partial charge in [-0.2, -0.15) is 0 Å². The number of imide groups is 1. The van der Waals surface area contributed by atoms with E-state index in [1.165, 1.54) is 17.0 Å². The number of hydrogen-bond donors (Lipinski definition) is 0. The largest absolute Gasteiger partial charge is 0.497 e. The molecule has 1 aliphatic heterocycles.